The van der Waals surface area contributed by atoms with Gasteiger partial charge in [0.1, 0.15) is 0 Å². The summed E-state index contributed by atoms with van der Waals surface area (Å²) in [5.74, 6) is 0.0600. The molecule has 0 bridgehead atoms. The summed E-state index contributed by atoms with van der Waals surface area (Å²) in [5, 5.41) is 6.56. The lowest BCUT2D eigenvalue weighted by Crippen LogP contribution is -2.45. The average molecular weight is 413 g/mol. The molecule has 0 spiro atoms. The Kier molecular flexibility index (Phi) is 6.83. The van der Waals surface area contributed by atoms with Gasteiger partial charge in [0.2, 0.25) is 5.91 Å². The van der Waals surface area contributed by atoms with E-state index in [1.165, 1.54) is 6.20 Å². The van der Waals surface area contributed by atoms with Crippen LogP contribution in [0.2, 0.25) is 0 Å². The standard InChI is InChI=1S/C21H30F3N3O2/c1-14(2)20(6-3-18(10-20)27-17-4-7-29-8-5-17)19(28)26-12-15-9-16(13-25-11-15)21(22,23)24/h9,11,13-14,17-18,27H,3-8,10,12H2,1-2H3,(H,26,28). The van der Waals surface area contributed by atoms with Crippen molar-refractivity contribution < 1.29 is 22.7 Å². The predicted molar refractivity (Wildman–Crippen MR) is 103 cm³/mol. The number of alkyl halides is 3. The van der Waals surface area contributed by atoms with Gasteiger partial charge in [-0.3, -0.25) is 9.78 Å². The van der Waals surface area contributed by atoms with E-state index in [-0.39, 0.29) is 24.4 Å². The maximum atomic E-state index is 13.1. The first-order valence-electron chi connectivity index (χ1n) is 10.3. The number of amides is 1. The molecule has 2 fully saturated rings. The highest BCUT2D eigenvalue weighted by Gasteiger charge is 2.47. The number of hydrogen-bond acceptors (Lipinski definition) is 4. The number of nitrogens with one attached hydrogen (secondary N) is 2. The van der Waals surface area contributed by atoms with Crippen LogP contribution in [0.3, 0.4) is 0 Å². The van der Waals surface area contributed by atoms with Crippen LogP contribution in [0.15, 0.2) is 18.5 Å². The zero-order valence-corrected chi connectivity index (χ0v) is 17.0. The predicted octanol–water partition coefficient (Wildman–Crippen LogP) is 3.68. The molecule has 1 amide bonds. The minimum atomic E-state index is -4.44. The molecule has 1 aliphatic heterocycles. The molecular formula is C21H30F3N3O2. The topological polar surface area (TPSA) is 63.2 Å². The molecule has 0 radical (unpaired) electrons. The highest BCUT2D eigenvalue weighted by molar-refractivity contribution is 5.83. The van der Waals surface area contributed by atoms with Crippen LogP contribution in [-0.2, 0) is 22.3 Å². The third kappa shape index (κ3) is 5.28. The summed E-state index contributed by atoms with van der Waals surface area (Å²) >= 11 is 0. The van der Waals surface area contributed by atoms with Crippen molar-refractivity contribution in [3.05, 3.63) is 29.6 Å². The van der Waals surface area contributed by atoms with Crippen LogP contribution >= 0.6 is 0 Å². The molecule has 2 heterocycles. The van der Waals surface area contributed by atoms with Crippen molar-refractivity contribution in [2.45, 2.75) is 70.8 Å². The molecule has 5 nitrogen and oxygen atoms in total. The Labute approximate surface area is 169 Å². The maximum absolute atomic E-state index is 13.1. The van der Waals surface area contributed by atoms with Gasteiger partial charge in [-0.2, -0.15) is 13.2 Å². The van der Waals surface area contributed by atoms with E-state index in [1.54, 1.807) is 0 Å². The smallest absolute Gasteiger partial charge is 0.381 e. The van der Waals surface area contributed by atoms with Gasteiger partial charge in [-0.15, -0.1) is 0 Å². The highest BCUT2D eigenvalue weighted by atomic mass is 19.4. The molecular weight excluding hydrogens is 383 g/mol. The second-order valence-electron chi connectivity index (χ2n) is 8.57. The number of halogens is 3. The Bertz CT molecular complexity index is 705. The van der Waals surface area contributed by atoms with E-state index in [2.05, 4.69) is 15.6 Å². The molecule has 3 rings (SSSR count). The van der Waals surface area contributed by atoms with E-state index in [4.69, 9.17) is 4.74 Å². The van der Waals surface area contributed by atoms with Crippen LogP contribution in [0.25, 0.3) is 0 Å². The molecule has 29 heavy (non-hydrogen) atoms. The van der Waals surface area contributed by atoms with E-state index in [0.717, 1.165) is 57.6 Å². The average Bonchev–Trinajstić information content (AvgIpc) is 3.12. The third-order valence-electron chi connectivity index (χ3n) is 6.37. The molecule has 1 aliphatic carbocycles. The molecule has 2 unspecified atom stereocenters. The van der Waals surface area contributed by atoms with Crippen LogP contribution in [0.5, 0.6) is 0 Å². The summed E-state index contributed by atoms with van der Waals surface area (Å²) in [6.45, 7) is 5.67. The van der Waals surface area contributed by atoms with E-state index in [9.17, 15) is 18.0 Å². The lowest BCUT2D eigenvalue weighted by Gasteiger charge is -2.33. The quantitative estimate of drug-likeness (QED) is 0.747. The van der Waals surface area contributed by atoms with Crippen molar-refractivity contribution in [2.24, 2.45) is 11.3 Å². The highest BCUT2D eigenvalue weighted by Crippen LogP contribution is 2.45. The summed E-state index contributed by atoms with van der Waals surface area (Å²) in [6.07, 6.45) is 2.13. The van der Waals surface area contributed by atoms with E-state index in [1.807, 2.05) is 13.8 Å². The molecule has 162 valence electrons. The minimum Gasteiger partial charge on any atom is -0.381 e. The zero-order chi connectivity index (χ0) is 21.1. The Hall–Kier alpha value is -1.67. The first-order valence-corrected chi connectivity index (χ1v) is 10.3. The Morgan fingerprint density at radius 1 is 1.24 bits per heavy atom. The molecule has 0 aromatic carbocycles. The molecule has 2 aliphatic rings. The van der Waals surface area contributed by atoms with Gasteiger partial charge in [0.15, 0.2) is 0 Å². The van der Waals surface area contributed by atoms with Crippen LogP contribution in [0, 0.1) is 11.3 Å². The molecule has 8 heteroatoms. The van der Waals surface area contributed by atoms with E-state index >= 15 is 0 Å². The van der Waals surface area contributed by atoms with Gasteiger partial charge in [0, 0.05) is 44.2 Å². The Morgan fingerprint density at radius 2 is 1.97 bits per heavy atom. The van der Waals surface area contributed by atoms with Gasteiger partial charge < -0.3 is 15.4 Å². The number of rotatable bonds is 6. The summed E-state index contributed by atoms with van der Waals surface area (Å²) in [7, 11) is 0. The summed E-state index contributed by atoms with van der Waals surface area (Å²) in [4.78, 5) is 16.8. The van der Waals surface area contributed by atoms with Crippen LogP contribution in [-0.4, -0.2) is 36.2 Å². The fraction of sp³-hybridized carbons (Fsp3) is 0.714. The van der Waals surface area contributed by atoms with E-state index < -0.39 is 17.2 Å². The van der Waals surface area contributed by atoms with Gasteiger partial charge >= 0.3 is 6.18 Å². The molecule has 1 aromatic heterocycles. The van der Waals surface area contributed by atoms with Gasteiger partial charge in [-0.25, -0.2) is 0 Å². The molecule has 2 atom stereocenters. The van der Waals surface area contributed by atoms with Crippen molar-refractivity contribution >= 4 is 5.91 Å². The van der Waals surface area contributed by atoms with Crippen molar-refractivity contribution in [3.63, 3.8) is 0 Å². The van der Waals surface area contributed by atoms with Crippen LogP contribution in [0.4, 0.5) is 13.2 Å². The number of carbonyl (C=O) groups excluding carboxylic acids is 1. The molecule has 1 saturated heterocycles. The largest absolute Gasteiger partial charge is 0.417 e. The fourth-order valence-corrected chi connectivity index (χ4v) is 4.51. The number of pyridine rings is 1. The SMILES string of the molecule is CC(C)C1(C(=O)NCc2cncc(C(F)(F)F)c2)CCC(NC2CCOCC2)C1. The Balaban J connectivity index is 1.61. The lowest BCUT2D eigenvalue weighted by atomic mass is 9.74. The van der Waals surface area contributed by atoms with Crippen molar-refractivity contribution in [1.82, 2.24) is 15.6 Å². The number of hydrogen-bond donors (Lipinski definition) is 2. The molecule has 1 aromatic rings. The number of nitrogens with zero attached hydrogens (tertiary/aromatic N) is 1. The van der Waals surface area contributed by atoms with Crippen molar-refractivity contribution in [1.29, 1.82) is 0 Å². The van der Waals surface area contributed by atoms with Crippen LogP contribution < -0.4 is 10.6 Å². The van der Waals surface area contributed by atoms with Gasteiger partial charge in [0.05, 0.1) is 11.0 Å². The number of ether oxygens (including phenoxy) is 1. The second-order valence-corrected chi connectivity index (χ2v) is 8.57. The number of carbonyl (C=O) groups is 1. The molecule has 1 saturated carbocycles. The minimum absolute atomic E-state index is 0.0439. The van der Waals surface area contributed by atoms with Gasteiger partial charge in [-0.05, 0) is 49.7 Å². The monoisotopic (exact) mass is 413 g/mol. The van der Waals surface area contributed by atoms with Crippen molar-refractivity contribution in [2.75, 3.05) is 13.2 Å². The first-order chi connectivity index (χ1) is 13.7. The number of aromatic nitrogens is 1. The summed E-state index contributed by atoms with van der Waals surface area (Å²) < 4.78 is 44.0. The van der Waals surface area contributed by atoms with Crippen LogP contribution in [0.1, 0.15) is 57.1 Å². The fourth-order valence-electron chi connectivity index (χ4n) is 4.51. The first kappa shape index (κ1) is 22.0. The third-order valence-corrected chi connectivity index (χ3v) is 6.37. The summed E-state index contributed by atoms with van der Waals surface area (Å²) in [5.41, 5.74) is -0.955. The van der Waals surface area contributed by atoms with Gasteiger partial charge in [0.25, 0.3) is 0 Å². The van der Waals surface area contributed by atoms with Gasteiger partial charge in [-0.1, -0.05) is 13.8 Å². The van der Waals surface area contributed by atoms with E-state index in [0.29, 0.717) is 11.6 Å². The lowest BCUT2D eigenvalue weighted by molar-refractivity contribution is -0.137. The molecule has 2 N–H and O–H groups in total. The normalized spacial score (nSPS) is 26.1. The Morgan fingerprint density at radius 3 is 2.62 bits per heavy atom. The maximum Gasteiger partial charge on any atom is 0.417 e. The second kappa shape index (κ2) is 9.00. The zero-order valence-electron chi connectivity index (χ0n) is 17.0. The van der Waals surface area contributed by atoms with Crippen molar-refractivity contribution in [3.8, 4) is 0 Å². The summed E-state index contributed by atoms with van der Waals surface area (Å²) in [6, 6.07) is 1.75.